The van der Waals surface area contributed by atoms with Gasteiger partial charge in [0.2, 0.25) is 0 Å². The molecule has 0 aromatic heterocycles. The molecule has 1 N–H and O–H groups in total. The lowest BCUT2D eigenvalue weighted by Gasteiger charge is -2.19. The van der Waals surface area contributed by atoms with Crippen molar-refractivity contribution in [3.63, 3.8) is 0 Å². The number of methoxy groups -OCH3 is 1. The predicted molar refractivity (Wildman–Crippen MR) is 89.0 cm³/mol. The van der Waals surface area contributed by atoms with Crippen molar-refractivity contribution in [3.05, 3.63) is 64.7 Å². The predicted octanol–water partition coefficient (Wildman–Crippen LogP) is 4.21. The number of benzene rings is 2. The van der Waals surface area contributed by atoms with Crippen molar-refractivity contribution in [1.82, 2.24) is 5.32 Å². The van der Waals surface area contributed by atoms with Crippen LogP contribution in [0.3, 0.4) is 0 Å². The van der Waals surface area contributed by atoms with Crippen molar-refractivity contribution >= 4 is 0 Å². The highest BCUT2D eigenvalue weighted by molar-refractivity contribution is 5.43. The molecular weight excluding hydrogens is 258 g/mol. The summed E-state index contributed by atoms with van der Waals surface area (Å²) in [4.78, 5) is 0. The third kappa shape index (κ3) is 3.85. The monoisotopic (exact) mass is 283 g/mol. The second-order valence-corrected chi connectivity index (χ2v) is 5.55. The second-order valence-electron chi connectivity index (χ2n) is 5.55. The van der Waals surface area contributed by atoms with E-state index in [4.69, 9.17) is 4.74 Å². The first kappa shape index (κ1) is 15.6. The molecule has 0 aliphatic heterocycles. The van der Waals surface area contributed by atoms with Crippen molar-refractivity contribution in [2.75, 3.05) is 14.2 Å². The first-order valence-corrected chi connectivity index (χ1v) is 7.52. The summed E-state index contributed by atoms with van der Waals surface area (Å²) < 4.78 is 5.56. The van der Waals surface area contributed by atoms with E-state index in [0.29, 0.717) is 6.04 Å². The van der Waals surface area contributed by atoms with Crippen LogP contribution in [-0.2, 0) is 6.42 Å². The van der Waals surface area contributed by atoms with Gasteiger partial charge in [-0.05, 0) is 62.1 Å². The fourth-order valence-electron chi connectivity index (χ4n) is 2.91. The van der Waals surface area contributed by atoms with Crippen molar-refractivity contribution < 1.29 is 4.74 Å². The molecule has 0 fully saturated rings. The Hall–Kier alpha value is -1.80. The molecule has 0 saturated carbocycles. The number of rotatable bonds is 6. The number of nitrogens with one attached hydrogen (secondary N) is 1. The first-order valence-electron chi connectivity index (χ1n) is 7.52. The van der Waals surface area contributed by atoms with Crippen LogP contribution in [0, 0.1) is 13.8 Å². The van der Waals surface area contributed by atoms with Gasteiger partial charge in [-0.15, -0.1) is 0 Å². The molecule has 2 heteroatoms. The minimum Gasteiger partial charge on any atom is -0.496 e. The van der Waals surface area contributed by atoms with E-state index in [1.807, 2.05) is 7.05 Å². The topological polar surface area (TPSA) is 21.3 Å². The average Bonchev–Trinajstić information content (AvgIpc) is 2.50. The van der Waals surface area contributed by atoms with Gasteiger partial charge in [-0.1, -0.05) is 36.4 Å². The van der Waals surface area contributed by atoms with E-state index in [9.17, 15) is 0 Å². The minimum atomic E-state index is 0.372. The van der Waals surface area contributed by atoms with Gasteiger partial charge in [0.25, 0.3) is 0 Å². The zero-order valence-electron chi connectivity index (χ0n) is 13.4. The molecule has 2 nitrogen and oxygen atoms in total. The van der Waals surface area contributed by atoms with Crippen LogP contribution in [0.25, 0.3) is 0 Å². The van der Waals surface area contributed by atoms with E-state index in [0.717, 1.165) is 18.6 Å². The Labute approximate surface area is 128 Å². The van der Waals surface area contributed by atoms with Gasteiger partial charge in [0, 0.05) is 6.04 Å². The Balaban J connectivity index is 2.15. The molecule has 0 aliphatic carbocycles. The Kier molecular flexibility index (Phi) is 5.40. The first-order chi connectivity index (χ1) is 10.2. The Bertz CT molecular complexity index is 578. The van der Waals surface area contributed by atoms with E-state index in [-0.39, 0.29) is 0 Å². The van der Waals surface area contributed by atoms with E-state index >= 15 is 0 Å². The summed E-state index contributed by atoms with van der Waals surface area (Å²) >= 11 is 0. The Morgan fingerprint density at radius 2 is 1.81 bits per heavy atom. The van der Waals surface area contributed by atoms with Gasteiger partial charge in [-0.25, -0.2) is 0 Å². The summed E-state index contributed by atoms with van der Waals surface area (Å²) in [5.74, 6) is 1.01. The van der Waals surface area contributed by atoms with Crippen LogP contribution in [0.4, 0.5) is 0 Å². The van der Waals surface area contributed by atoms with Gasteiger partial charge in [0.05, 0.1) is 7.11 Å². The van der Waals surface area contributed by atoms with E-state index < -0.39 is 0 Å². The Morgan fingerprint density at radius 1 is 1.10 bits per heavy atom. The van der Waals surface area contributed by atoms with Crippen LogP contribution in [0.1, 0.15) is 34.7 Å². The van der Waals surface area contributed by atoms with Crippen molar-refractivity contribution in [3.8, 4) is 5.75 Å². The molecule has 1 atom stereocenters. The molecule has 0 saturated heterocycles. The molecular formula is C19H25NO. The van der Waals surface area contributed by atoms with Gasteiger partial charge in [-0.3, -0.25) is 0 Å². The molecule has 2 aromatic rings. The highest BCUT2D eigenvalue weighted by Crippen LogP contribution is 2.28. The standard InChI is InChI=1S/C19H25NO/c1-14-12-15(2)17(19(13-14)21-4)10-11-18(20-3)16-8-6-5-7-9-16/h5-9,12-13,18,20H,10-11H2,1-4H3. The largest absolute Gasteiger partial charge is 0.496 e. The van der Waals surface area contributed by atoms with Crippen molar-refractivity contribution in [2.24, 2.45) is 0 Å². The molecule has 21 heavy (non-hydrogen) atoms. The third-order valence-electron chi connectivity index (χ3n) is 4.03. The maximum atomic E-state index is 5.56. The summed E-state index contributed by atoms with van der Waals surface area (Å²) in [5.41, 5.74) is 5.22. The second kappa shape index (κ2) is 7.28. The lowest BCUT2D eigenvalue weighted by Crippen LogP contribution is -2.17. The highest BCUT2D eigenvalue weighted by Gasteiger charge is 2.13. The molecule has 0 spiro atoms. The summed E-state index contributed by atoms with van der Waals surface area (Å²) in [5, 5.41) is 3.42. The summed E-state index contributed by atoms with van der Waals surface area (Å²) in [7, 11) is 3.78. The number of hydrogen-bond acceptors (Lipinski definition) is 2. The normalized spacial score (nSPS) is 12.2. The average molecular weight is 283 g/mol. The maximum Gasteiger partial charge on any atom is 0.122 e. The zero-order chi connectivity index (χ0) is 15.2. The number of ether oxygens (including phenoxy) is 1. The van der Waals surface area contributed by atoms with Gasteiger partial charge in [0.1, 0.15) is 5.75 Å². The van der Waals surface area contributed by atoms with Crippen LogP contribution >= 0.6 is 0 Å². The quantitative estimate of drug-likeness (QED) is 0.857. The molecule has 0 heterocycles. The summed E-state index contributed by atoms with van der Waals surface area (Å²) in [6, 6.07) is 15.3. The Morgan fingerprint density at radius 3 is 2.43 bits per heavy atom. The van der Waals surface area contributed by atoms with Crippen molar-refractivity contribution in [1.29, 1.82) is 0 Å². The van der Waals surface area contributed by atoms with E-state index in [1.165, 1.54) is 22.3 Å². The van der Waals surface area contributed by atoms with Gasteiger partial charge < -0.3 is 10.1 Å². The van der Waals surface area contributed by atoms with Gasteiger partial charge >= 0.3 is 0 Å². The number of hydrogen-bond donors (Lipinski definition) is 1. The lowest BCUT2D eigenvalue weighted by molar-refractivity contribution is 0.406. The molecule has 0 bridgehead atoms. The summed E-state index contributed by atoms with van der Waals surface area (Å²) in [6.07, 6.45) is 2.07. The van der Waals surface area contributed by atoms with Crippen LogP contribution in [0.15, 0.2) is 42.5 Å². The van der Waals surface area contributed by atoms with Gasteiger partial charge in [-0.2, -0.15) is 0 Å². The lowest BCUT2D eigenvalue weighted by atomic mass is 9.95. The van der Waals surface area contributed by atoms with Crippen molar-refractivity contribution in [2.45, 2.75) is 32.7 Å². The molecule has 0 amide bonds. The fraction of sp³-hybridized carbons (Fsp3) is 0.368. The zero-order valence-corrected chi connectivity index (χ0v) is 13.4. The third-order valence-corrected chi connectivity index (χ3v) is 4.03. The van der Waals surface area contributed by atoms with Crippen LogP contribution < -0.4 is 10.1 Å². The van der Waals surface area contributed by atoms with Gasteiger partial charge in [0.15, 0.2) is 0 Å². The molecule has 1 unspecified atom stereocenters. The van der Waals surface area contributed by atoms with Crippen LogP contribution in [-0.4, -0.2) is 14.2 Å². The summed E-state index contributed by atoms with van der Waals surface area (Å²) in [6.45, 7) is 4.28. The number of aryl methyl sites for hydroxylation is 2. The van der Waals surface area contributed by atoms with E-state index in [2.05, 4.69) is 61.6 Å². The van der Waals surface area contributed by atoms with E-state index in [1.54, 1.807) is 7.11 Å². The highest BCUT2D eigenvalue weighted by atomic mass is 16.5. The minimum absolute atomic E-state index is 0.372. The molecule has 2 aromatic carbocycles. The van der Waals surface area contributed by atoms with Crippen LogP contribution in [0.2, 0.25) is 0 Å². The molecule has 0 aliphatic rings. The fourth-order valence-corrected chi connectivity index (χ4v) is 2.91. The smallest absolute Gasteiger partial charge is 0.122 e. The maximum absolute atomic E-state index is 5.56. The SMILES string of the molecule is CNC(CCc1c(C)cc(C)cc1OC)c1ccccc1. The molecule has 112 valence electrons. The van der Waals surface area contributed by atoms with Crippen LogP contribution in [0.5, 0.6) is 5.75 Å². The molecule has 2 rings (SSSR count). The molecule has 0 radical (unpaired) electrons.